The fraction of sp³-hybridized carbons (Fsp3) is 0.381. The van der Waals surface area contributed by atoms with Gasteiger partial charge in [0.1, 0.15) is 11.6 Å². The molecule has 0 aromatic heterocycles. The highest BCUT2D eigenvalue weighted by molar-refractivity contribution is 6.32. The Bertz CT molecular complexity index is 884. The number of nitrogens with zero attached hydrogens (tertiary/aromatic N) is 2. The molecule has 1 amide bonds. The molecule has 0 radical (unpaired) electrons. The Balaban J connectivity index is 1.49. The first-order valence-corrected chi connectivity index (χ1v) is 9.86. The van der Waals surface area contributed by atoms with E-state index in [0.29, 0.717) is 35.1 Å². The van der Waals surface area contributed by atoms with E-state index in [1.165, 1.54) is 6.07 Å². The standard InChI is InChI=1S/C21H23ClFN3O2/c1-25-8-10-26(11-9-25)19-6-5-14(13-17(19)23)21(27)24-18-7-12-28-20-15(18)3-2-4-16(20)22/h2-6,13,18H,7-12H2,1H3,(H,24,27)/t18-/m0/s1. The number of piperazine rings is 1. The highest BCUT2D eigenvalue weighted by Crippen LogP contribution is 2.37. The number of carbonyl (C=O) groups excluding carboxylic acids is 1. The number of carbonyl (C=O) groups is 1. The summed E-state index contributed by atoms with van der Waals surface area (Å²) in [5.41, 5.74) is 1.71. The first-order valence-electron chi connectivity index (χ1n) is 9.48. The van der Waals surface area contributed by atoms with Crippen molar-refractivity contribution in [1.29, 1.82) is 0 Å². The van der Waals surface area contributed by atoms with Crippen LogP contribution < -0.4 is 15.0 Å². The monoisotopic (exact) mass is 403 g/mol. The summed E-state index contributed by atoms with van der Waals surface area (Å²) in [5.74, 6) is -0.0633. The molecule has 7 heteroatoms. The van der Waals surface area contributed by atoms with Gasteiger partial charge < -0.3 is 19.9 Å². The number of rotatable bonds is 3. The number of hydrogen-bond donors (Lipinski definition) is 1. The quantitative estimate of drug-likeness (QED) is 0.852. The molecule has 0 unspecified atom stereocenters. The molecular formula is C21H23ClFN3O2. The summed E-state index contributed by atoms with van der Waals surface area (Å²) in [7, 11) is 2.06. The lowest BCUT2D eigenvalue weighted by Crippen LogP contribution is -2.44. The number of nitrogens with one attached hydrogen (secondary N) is 1. The number of anilines is 1. The number of hydrogen-bond acceptors (Lipinski definition) is 4. The molecule has 4 rings (SSSR count). The van der Waals surface area contributed by atoms with Gasteiger partial charge in [-0.05, 0) is 31.3 Å². The second-order valence-corrected chi connectivity index (χ2v) is 7.69. The fourth-order valence-electron chi connectivity index (χ4n) is 3.73. The Morgan fingerprint density at radius 2 is 2.00 bits per heavy atom. The molecular weight excluding hydrogens is 381 g/mol. The lowest BCUT2D eigenvalue weighted by Gasteiger charge is -2.34. The molecule has 0 saturated carbocycles. The van der Waals surface area contributed by atoms with E-state index in [2.05, 4.69) is 17.3 Å². The third-order valence-corrected chi connectivity index (χ3v) is 5.68. The number of benzene rings is 2. The summed E-state index contributed by atoms with van der Waals surface area (Å²) < 4.78 is 20.3. The summed E-state index contributed by atoms with van der Waals surface area (Å²) >= 11 is 6.19. The molecule has 28 heavy (non-hydrogen) atoms. The van der Waals surface area contributed by atoms with Crippen LogP contribution in [0.3, 0.4) is 0 Å². The van der Waals surface area contributed by atoms with E-state index in [9.17, 15) is 9.18 Å². The van der Waals surface area contributed by atoms with Crippen molar-refractivity contribution in [2.75, 3.05) is 44.7 Å². The van der Waals surface area contributed by atoms with Crippen LogP contribution in [0.15, 0.2) is 36.4 Å². The Kier molecular flexibility index (Phi) is 5.42. The maximum absolute atomic E-state index is 14.7. The van der Waals surface area contributed by atoms with Crippen LogP contribution in [0.4, 0.5) is 10.1 Å². The van der Waals surface area contributed by atoms with Gasteiger partial charge in [-0.25, -0.2) is 4.39 Å². The normalized spacial score (nSPS) is 19.7. The molecule has 148 valence electrons. The highest BCUT2D eigenvalue weighted by Gasteiger charge is 2.25. The topological polar surface area (TPSA) is 44.8 Å². The molecule has 1 fully saturated rings. The van der Waals surface area contributed by atoms with Gasteiger partial charge in [-0.3, -0.25) is 4.79 Å². The highest BCUT2D eigenvalue weighted by atomic mass is 35.5. The van der Waals surface area contributed by atoms with E-state index in [-0.39, 0.29) is 17.8 Å². The van der Waals surface area contributed by atoms with Crippen molar-refractivity contribution < 1.29 is 13.9 Å². The second kappa shape index (κ2) is 7.97. The number of fused-ring (bicyclic) bond motifs is 1. The summed E-state index contributed by atoms with van der Waals surface area (Å²) in [6.07, 6.45) is 0.640. The Morgan fingerprint density at radius 3 is 2.75 bits per heavy atom. The van der Waals surface area contributed by atoms with Crippen molar-refractivity contribution in [2.45, 2.75) is 12.5 Å². The number of amides is 1. The van der Waals surface area contributed by atoms with Crippen molar-refractivity contribution in [3.63, 3.8) is 0 Å². The molecule has 1 N–H and O–H groups in total. The molecule has 0 spiro atoms. The first kappa shape index (κ1) is 19.0. The molecule has 2 aromatic rings. The van der Waals surface area contributed by atoms with Crippen LogP contribution in [0.1, 0.15) is 28.4 Å². The number of halogens is 2. The van der Waals surface area contributed by atoms with Crippen LogP contribution in [0.25, 0.3) is 0 Å². The third-order valence-electron chi connectivity index (χ3n) is 5.38. The van der Waals surface area contributed by atoms with E-state index in [1.807, 2.05) is 17.0 Å². The average Bonchev–Trinajstić information content (AvgIpc) is 2.69. The van der Waals surface area contributed by atoms with Gasteiger partial charge in [0.05, 0.1) is 23.4 Å². The van der Waals surface area contributed by atoms with Gasteiger partial charge in [-0.2, -0.15) is 0 Å². The summed E-state index contributed by atoms with van der Waals surface area (Å²) in [4.78, 5) is 17.0. The SMILES string of the molecule is CN1CCN(c2ccc(C(=O)N[C@H]3CCOc4c(Cl)cccc43)cc2F)CC1. The first-order chi connectivity index (χ1) is 13.5. The molecule has 1 saturated heterocycles. The smallest absolute Gasteiger partial charge is 0.251 e. The van der Waals surface area contributed by atoms with E-state index >= 15 is 0 Å². The number of ether oxygens (including phenoxy) is 1. The summed E-state index contributed by atoms with van der Waals surface area (Å²) in [6, 6.07) is 9.98. The van der Waals surface area contributed by atoms with Gasteiger partial charge in [0, 0.05) is 43.7 Å². The van der Waals surface area contributed by atoms with Gasteiger partial charge in [-0.1, -0.05) is 23.7 Å². The predicted molar refractivity (Wildman–Crippen MR) is 108 cm³/mol. The van der Waals surface area contributed by atoms with E-state index in [1.54, 1.807) is 18.2 Å². The average molecular weight is 404 g/mol. The van der Waals surface area contributed by atoms with Crippen LogP contribution >= 0.6 is 11.6 Å². The van der Waals surface area contributed by atoms with Crippen LogP contribution in [-0.4, -0.2) is 50.6 Å². The Hall–Kier alpha value is -2.31. The largest absolute Gasteiger partial charge is 0.492 e. The van der Waals surface area contributed by atoms with Gasteiger partial charge in [-0.15, -0.1) is 0 Å². The fourth-order valence-corrected chi connectivity index (χ4v) is 3.97. The molecule has 2 aliphatic heterocycles. The molecule has 1 atom stereocenters. The summed E-state index contributed by atoms with van der Waals surface area (Å²) in [6.45, 7) is 3.82. The van der Waals surface area contributed by atoms with E-state index in [4.69, 9.17) is 16.3 Å². The van der Waals surface area contributed by atoms with Crippen molar-refractivity contribution >= 4 is 23.2 Å². The van der Waals surface area contributed by atoms with Crippen molar-refractivity contribution in [1.82, 2.24) is 10.2 Å². The zero-order valence-electron chi connectivity index (χ0n) is 15.8. The number of likely N-dealkylation sites (N-methyl/N-ethyl adjacent to an activating group) is 1. The predicted octanol–water partition coefficient (Wildman–Crippen LogP) is 3.48. The number of para-hydroxylation sites is 1. The lowest BCUT2D eigenvalue weighted by atomic mass is 10.00. The van der Waals surface area contributed by atoms with Gasteiger partial charge >= 0.3 is 0 Å². The van der Waals surface area contributed by atoms with Gasteiger partial charge in [0.25, 0.3) is 5.91 Å². The minimum absolute atomic E-state index is 0.213. The van der Waals surface area contributed by atoms with Crippen molar-refractivity contribution in [3.05, 3.63) is 58.4 Å². The summed E-state index contributed by atoms with van der Waals surface area (Å²) in [5, 5.41) is 3.51. The molecule has 0 bridgehead atoms. The molecule has 2 aromatic carbocycles. The third kappa shape index (κ3) is 3.80. The maximum atomic E-state index is 14.7. The second-order valence-electron chi connectivity index (χ2n) is 7.28. The van der Waals surface area contributed by atoms with Crippen LogP contribution in [0.2, 0.25) is 5.02 Å². The van der Waals surface area contributed by atoms with E-state index in [0.717, 1.165) is 31.7 Å². The lowest BCUT2D eigenvalue weighted by molar-refractivity contribution is 0.0924. The van der Waals surface area contributed by atoms with Crippen molar-refractivity contribution in [3.8, 4) is 5.75 Å². The maximum Gasteiger partial charge on any atom is 0.251 e. The minimum atomic E-state index is -0.368. The Morgan fingerprint density at radius 1 is 1.21 bits per heavy atom. The zero-order valence-corrected chi connectivity index (χ0v) is 16.5. The van der Waals surface area contributed by atoms with E-state index < -0.39 is 0 Å². The van der Waals surface area contributed by atoms with Gasteiger partial charge in [0.2, 0.25) is 0 Å². The van der Waals surface area contributed by atoms with Crippen LogP contribution in [0, 0.1) is 5.82 Å². The van der Waals surface area contributed by atoms with Crippen LogP contribution in [0.5, 0.6) is 5.75 Å². The Labute approximate surface area is 169 Å². The molecule has 2 heterocycles. The minimum Gasteiger partial charge on any atom is -0.492 e. The molecule has 2 aliphatic rings. The van der Waals surface area contributed by atoms with Crippen molar-refractivity contribution in [2.24, 2.45) is 0 Å². The molecule has 0 aliphatic carbocycles. The van der Waals surface area contributed by atoms with Crippen LogP contribution in [-0.2, 0) is 0 Å². The zero-order chi connectivity index (χ0) is 19.7. The molecule has 5 nitrogen and oxygen atoms in total. The van der Waals surface area contributed by atoms with Gasteiger partial charge in [0.15, 0.2) is 0 Å².